The number of nitriles is 1. The van der Waals surface area contributed by atoms with E-state index in [0.717, 1.165) is 0 Å². The number of methoxy groups -OCH3 is 1. The highest BCUT2D eigenvalue weighted by Crippen LogP contribution is 2.32. The second-order valence-electron chi connectivity index (χ2n) is 8.98. The number of nitrogens with zero attached hydrogens (tertiary/aromatic N) is 2. The summed E-state index contributed by atoms with van der Waals surface area (Å²) in [5.41, 5.74) is 2.61. The molecule has 2 unspecified atom stereocenters. The van der Waals surface area contributed by atoms with Crippen molar-refractivity contribution in [2.75, 3.05) is 20.2 Å². The molecule has 1 aromatic heterocycles. The maximum absolute atomic E-state index is 14.2. The van der Waals surface area contributed by atoms with Crippen LogP contribution in [-0.4, -0.2) is 54.0 Å². The Balaban J connectivity index is 1.52. The molecule has 4 rings (SSSR count). The van der Waals surface area contributed by atoms with E-state index in [9.17, 15) is 28.8 Å². The van der Waals surface area contributed by atoms with Gasteiger partial charge in [-0.3, -0.25) is 19.7 Å². The van der Waals surface area contributed by atoms with Crippen LogP contribution in [0.15, 0.2) is 12.1 Å². The Morgan fingerprint density at radius 3 is 2.82 bits per heavy atom. The van der Waals surface area contributed by atoms with E-state index < -0.39 is 34.5 Å². The first kappa shape index (κ1) is 23.9. The zero-order valence-electron chi connectivity index (χ0n) is 18.8. The summed E-state index contributed by atoms with van der Waals surface area (Å²) in [5, 5.41) is 28.6. The van der Waals surface area contributed by atoms with Gasteiger partial charge < -0.3 is 20.2 Å². The Kier molecular flexibility index (Phi) is 6.44. The molecule has 5 atom stereocenters. The molecule has 10 nitrogen and oxygen atoms in total. The number of aromatic nitrogens is 1. The number of rotatable bonds is 7. The molecule has 12 heteroatoms. The number of hydroxylamine groups is 2. The molecule has 0 spiro atoms. The Morgan fingerprint density at radius 1 is 1.41 bits per heavy atom. The van der Waals surface area contributed by atoms with Crippen molar-refractivity contribution in [3.63, 3.8) is 0 Å². The monoisotopic (exact) mass is 476 g/mol. The Labute approximate surface area is 194 Å². The molecule has 2 amide bonds. The predicted octanol–water partition coefficient (Wildman–Crippen LogP) is 1.79. The quantitative estimate of drug-likeness (QED) is 0.355. The van der Waals surface area contributed by atoms with Crippen LogP contribution >= 0.6 is 0 Å². The van der Waals surface area contributed by atoms with Gasteiger partial charge in [0.05, 0.1) is 18.7 Å². The van der Waals surface area contributed by atoms with Gasteiger partial charge in [-0.15, -0.1) is 5.43 Å². The van der Waals surface area contributed by atoms with Gasteiger partial charge in [0.25, 0.3) is 5.91 Å². The minimum Gasteiger partial charge on any atom is -0.610 e. The fraction of sp³-hybridized carbons (Fsp3) is 0.500. The number of quaternary nitrogens is 1. The number of aromatic amines is 1. The van der Waals surface area contributed by atoms with Crippen LogP contribution in [0, 0.1) is 40.0 Å². The van der Waals surface area contributed by atoms with Gasteiger partial charge in [-0.05, 0) is 18.9 Å². The number of fused-ring (bicyclic) bond motifs is 1. The highest BCUT2D eigenvalue weighted by molar-refractivity contribution is 6.00. The summed E-state index contributed by atoms with van der Waals surface area (Å²) >= 11 is 0. The first-order valence-corrected chi connectivity index (χ1v) is 11.0. The van der Waals surface area contributed by atoms with Crippen molar-refractivity contribution in [3.05, 3.63) is 34.7 Å². The molecule has 2 fully saturated rings. The number of amides is 2. The zero-order valence-corrected chi connectivity index (χ0v) is 18.8. The van der Waals surface area contributed by atoms with Gasteiger partial charge in [0.15, 0.2) is 17.7 Å². The molecule has 2 aliphatic rings. The van der Waals surface area contributed by atoms with Crippen LogP contribution in [0.5, 0.6) is 5.75 Å². The van der Waals surface area contributed by atoms with Crippen molar-refractivity contribution in [2.24, 2.45) is 11.8 Å². The third kappa shape index (κ3) is 4.42. The summed E-state index contributed by atoms with van der Waals surface area (Å²) in [6.45, 7) is 2.51. The van der Waals surface area contributed by atoms with Crippen LogP contribution < -0.4 is 20.8 Å². The summed E-state index contributed by atoms with van der Waals surface area (Å²) in [6.07, 6.45) is 0.198. The number of ether oxygens (including phenoxy) is 1. The standard InChI is InChI=1S/C22H26F2N6O4/c1-11-5-18(30(33,10-11)29-13(9-25)6-12-3-4-26-21(12)31)28-22(32)17-7-14-19(27-17)15(23)8-16(24)20(14)34-2/h7-8,11-13,18,27,29H,3-6,10H2,1-2H3,(H,26,31)(H,28,32)/t11?,12-,13-,18-,30?/m0/s1. The first-order valence-electron chi connectivity index (χ1n) is 11.0. The second-order valence-corrected chi connectivity index (χ2v) is 8.98. The Morgan fingerprint density at radius 2 is 2.18 bits per heavy atom. The van der Waals surface area contributed by atoms with Gasteiger partial charge in [-0.25, -0.2) is 8.78 Å². The van der Waals surface area contributed by atoms with E-state index in [2.05, 4.69) is 21.0 Å². The summed E-state index contributed by atoms with van der Waals surface area (Å²) < 4.78 is 32.2. The van der Waals surface area contributed by atoms with Crippen LogP contribution in [0.25, 0.3) is 10.9 Å². The van der Waals surface area contributed by atoms with Gasteiger partial charge >= 0.3 is 0 Å². The molecular weight excluding hydrogens is 450 g/mol. The van der Waals surface area contributed by atoms with Crippen molar-refractivity contribution in [1.29, 1.82) is 5.26 Å². The smallest absolute Gasteiger partial charge is 0.272 e. The van der Waals surface area contributed by atoms with Gasteiger partial charge in [-0.1, -0.05) is 6.92 Å². The summed E-state index contributed by atoms with van der Waals surface area (Å²) in [4.78, 5) is 27.4. The predicted molar refractivity (Wildman–Crippen MR) is 117 cm³/mol. The lowest BCUT2D eigenvalue weighted by Crippen LogP contribution is -2.64. The van der Waals surface area contributed by atoms with Crippen LogP contribution in [0.2, 0.25) is 0 Å². The van der Waals surface area contributed by atoms with Gasteiger partial charge in [-0.2, -0.15) is 5.26 Å². The van der Waals surface area contributed by atoms with Crippen LogP contribution in [-0.2, 0) is 4.79 Å². The second kappa shape index (κ2) is 9.17. The average Bonchev–Trinajstić information content (AvgIpc) is 3.46. The number of halogens is 2. The molecule has 4 N–H and O–H groups in total. The lowest BCUT2D eigenvalue weighted by molar-refractivity contribution is -0.940. The minimum atomic E-state index is -1.04. The molecule has 0 radical (unpaired) electrons. The van der Waals surface area contributed by atoms with Gasteiger partial charge in [0, 0.05) is 36.3 Å². The Hall–Kier alpha value is -3.27. The highest BCUT2D eigenvalue weighted by Gasteiger charge is 2.43. The van der Waals surface area contributed by atoms with E-state index in [-0.39, 0.29) is 53.1 Å². The highest BCUT2D eigenvalue weighted by atomic mass is 19.1. The first-order chi connectivity index (χ1) is 16.1. The molecule has 182 valence electrons. The third-order valence-corrected chi connectivity index (χ3v) is 6.44. The van der Waals surface area contributed by atoms with Crippen LogP contribution in [0.4, 0.5) is 8.78 Å². The van der Waals surface area contributed by atoms with Crippen LogP contribution in [0.1, 0.15) is 36.7 Å². The molecule has 3 heterocycles. The van der Waals surface area contributed by atoms with E-state index in [1.807, 2.05) is 13.0 Å². The molecule has 2 aliphatic heterocycles. The largest absolute Gasteiger partial charge is 0.610 e. The number of carbonyl (C=O) groups excluding carboxylic acids is 2. The third-order valence-electron chi connectivity index (χ3n) is 6.44. The Bertz CT molecular complexity index is 1160. The summed E-state index contributed by atoms with van der Waals surface area (Å²) in [6, 6.07) is 3.09. The number of hydrogen-bond acceptors (Lipinski definition) is 6. The maximum atomic E-state index is 14.2. The fourth-order valence-corrected chi connectivity index (χ4v) is 4.83. The van der Waals surface area contributed by atoms with Crippen molar-refractivity contribution < 1.29 is 27.9 Å². The number of H-pyrrole nitrogens is 1. The summed E-state index contributed by atoms with van der Waals surface area (Å²) in [7, 11) is 1.23. The van der Waals surface area contributed by atoms with E-state index >= 15 is 0 Å². The van der Waals surface area contributed by atoms with Gasteiger partial charge in [0.1, 0.15) is 24.1 Å². The number of nitrogens with one attached hydrogen (secondary N) is 4. The SMILES string of the molecule is COc1c(F)cc(F)c2[nH]c(C(=O)N[C@@H]3CC(C)C[N+]3([O-])N[C@H](C#N)C[C@@H]3CCNC3=O)cc12. The van der Waals surface area contributed by atoms with Crippen molar-refractivity contribution >= 4 is 22.7 Å². The van der Waals surface area contributed by atoms with E-state index in [1.54, 1.807) is 0 Å². The lowest BCUT2D eigenvalue weighted by atomic mass is 9.99. The lowest BCUT2D eigenvalue weighted by Gasteiger charge is -2.44. The van der Waals surface area contributed by atoms with E-state index in [1.165, 1.54) is 13.2 Å². The van der Waals surface area contributed by atoms with Crippen molar-refractivity contribution in [2.45, 2.75) is 38.4 Å². The number of carbonyl (C=O) groups is 2. The maximum Gasteiger partial charge on any atom is 0.272 e. The molecule has 1 aromatic carbocycles. The summed E-state index contributed by atoms with van der Waals surface area (Å²) in [5.74, 6) is -3.22. The van der Waals surface area contributed by atoms with Crippen molar-refractivity contribution in [1.82, 2.24) is 21.0 Å². The van der Waals surface area contributed by atoms with Crippen molar-refractivity contribution in [3.8, 4) is 11.8 Å². The molecule has 34 heavy (non-hydrogen) atoms. The normalized spacial score (nSPS) is 27.4. The molecule has 2 aromatic rings. The molecule has 2 saturated heterocycles. The fourth-order valence-electron chi connectivity index (χ4n) is 4.83. The number of hydrogen-bond donors (Lipinski definition) is 4. The average molecular weight is 476 g/mol. The van der Waals surface area contributed by atoms with Crippen LogP contribution in [0.3, 0.4) is 0 Å². The molecule has 0 aliphatic carbocycles. The van der Waals surface area contributed by atoms with E-state index in [4.69, 9.17) is 4.74 Å². The topological polar surface area (TPSA) is 142 Å². The molecule has 0 bridgehead atoms. The zero-order chi connectivity index (χ0) is 24.6. The van der Waals surface area contributed by atoms with E-state index in [0.29, 0.717) is 25.5 Å². The molecule has 0 saturated carbocycles. The van der Waals surface area contributed by atoms with Gasteiger partial charge in [0.2, 0.25) is 5.91 Å². The number of benzene rings is 1. The molecular formula is C22H26F2N6O4. The minimum absolute atomic E-state index is 0.0567.